The van der Waals surface area contributed by atoms with E-state index >= 15 is 0 Å². The van der Waals surface area contributed by atoms with E-state index in [0.717, 1.165) is 74.3 Å². The van der Waals surface area contributed by atoms with E-state index in [0.29, 0.717) is 6.04 Å². The van der Waals surface area contributed by atoms with Crippen LogP contribution in [0.4, 0.5) is 5.69 Å². The average molecular weight is 556 g/mol. The molecule has 1 aliphatic rings. The highest BCUT2D eigenvalue weighted by Gasteiger charge is 2.21. The summed E-state index contributed by atoms with van der Waals surface area (Å²) in [4.78, 5) is 6.78. The third kappa shape index (κ3) is 7.18. The lowest BCUT2D eigenvalue weighted by atomic mass is 10.0. The first kappa shape index (κ1) is 26.1. The van der Waals surface area contributed by atoms with Gasteiger partial charge in [0.1, 0.15) is 11.5 Å². The molecule has 1 aromatic heterocycles. The number of aliphatic imine (C=N–C) groups is 1. The van der Waals surface area contributed by atoms with Crippen LogP contribution >= 0.6 is 24.0 Å². The molecule has 3 rings (SSSR count). The molecule has 1 aromatic carbocycles. The zero-order chi connectivity index (χ0) is 22.2. The van der Waals surface area contributed by atoms with Gasteiger partial charge in [-0.3, -0.25) is 9.67 Å². The Balaban J connectivity index is 0.00000363. The standard InChI is InChI=1S/C23H36N6O2.HI/c1-17-13-18(2)29(27-17)10-6-9-25-23(24-3)26-19-7-11-28(12-8-19)20-14-21(30-4)16-22(15-20)31-5;/h13-16,19H,6-12H2,1-5H3,(H2,24,25,26);1H. The molecule has 1 fully saturated rings. The van der Waals surface area contributed by atoms with E-state index in [4.69, 9.17) is 9.47 Å². The van der Waals surface area contributed by atoms with Crippen molar-refractivity contribution in [1.82, 2.24) is 20.4 Å². The Morgan fingerprint density at radius 3 is 2.28 bits per heavy atom. The number of hydrogen-bond acceptors (Lipinski definition) is 5. The van der Waals surface area contributed by atoms with Crippen LogP contribution in [0.3, 0.4) is 0 Å². The van der Waals surface area contributed by atoms with Crippen LogP contribution in [0.15, 0.2) is 29.3 Å². The molecule has 178 valence electrons. The molecule has 0 atom stereocenters. The van der Waals surface area contributed by atoms with Crippen molar-refractivity contribution >= 4 is 35.6 Å². The zero-order valence-corrected chi connectivity index (χ0v) is 22.2. The molecule has 1 saturated heterocycles. The summed E-state index contributed by atoms with van der Waals surface area (Å²) in [5.41, 5.74) is 3.42. The number of guanidine groups is 1. The number of piperidine rings is 1. The Kier molecular flexibility index (Phi) is 10.4. The van der Waals surface area contributed by atoms with Crippen LogP contribution in [0.25, 0.3) is 0 Å². The predicted octanol–water partition coefficient (Wildman–Crippen LogP) is 3.36. The lowest BCUT2D eigenvalue weighted by Gasteiger charge is -2.34. The normalized spacial score (nSPS) is 14.7. The van der Waals surface area contributed by atoms with Gasteiger partial charge in [-0.1, -0.05) is 0 Å². The second-order valence-corrected chi connectivity index (χ2v) is 7.98. The van der Waals surface area contributed by atoms with Crippen molar-refractivity contribution in [2.45, 2.75) is 45.7 Å². The van der Waals surface area contributed by atoms with Gasteiger partial charge < -0.3 is 25.0 Å². The number of hydrogen-bond donors (Lipinski definition) is 2. The quantitative estimate of drug-likeness (QED) is 0.225. The van der Waals surface area contributed by atoms with Crippen LogP contribution in [-0.4, -0.2) is 62.7 Å². The van der Waals surface area contributed by atoms with Crippen molar-refractivity contribution in [3.05, 3.63) is 35.7 Å². The fourth-order valence-electron chi connectivity index (χ4n) is 3.98. The molecule has 0 radical (unpaired) electrons. The molecule has 0 aliphatic carbocycles. The van der Waals surface area contributed by atoms with Crippen molar-refractivity contribution in [3.63, 3.8) is 0 Å². The predicted molar refractivity (Wildman–Crippen MR) is 141 cm³/mol. The van der Waals surface area contributed by atoms with E-state index in [-0.39, 0.29) is 24.0 Å². The van der Waals surface area contributed by atoms with E-state index in [1.165, 1.54) is 5.69 Å². The van der Waals surface area contributed by atoms with Crippen LogP contribution in [0.1, 0.15) is 30.7 Å². The van der Waals surface area contributed by atoms with Gasteiger partial charge in [0.05, 0.1) is 19.9 Å². The van der Waals surface area contributed by atoms with Gasteiger partial charge in [-0.2, -0.15) is 5.10 Å². The molecule has 0 bridgehead atoms. The fourth-order valence-corrected chi connectivity index (χ4v) is 3.98. The first-order chi connectivity index (χ1) is 15.0. The third-order valence-electron chi connectivity index (χ3n) is 5.70. The smallest absolute Gasteiger partial charge is 0.191 e. The average Bonchev–Trinajstić information content (AvgIpc) is 3.12. The summed E-state index contributed by atoms with van der Waals surface area (Å²) in [5, 5.41) is 11.5. The number of rotatable bonds is 8. The van der Waals surface area contributed by atoms with Crippen LogP contribution in [0.2, 0.25) is 0 Å². The van der Waals surface area contributed by atoms with E-state index in [2.05, 4.69) is 55.4 Å². The molecular weight excluding hydrogens is 519 g/mol. The summed E-state index contributed by atoms with van der Waals surface area (Å²) in [6, 6.07) is 8.56. The van der Waals surface area contributed by atoms with Crippen molar-refractivity contribution in [3.8, 4) is 11.5 Å². The topological polar surface area (TPSA) is 75.9 Å². The van der Waals surface area contributed by atoms with Crippen LogP contribution in [0.5, 0.6) is 11.5 Å². The minimum Gasteiger partial charge on any atom is -0.497 e. The fraction of sp³-hybridized carbons (Fsp3) is 0.565. The summed E-state index contributed by atoms with van der Waals surface area (Å²) in [5.74, 6) is 2.51. The third-order valence-corrected chi connectivity index (χ3v) is 5.70. The highest BCUT2D eigenvalue weighted by Crippen LogP contribution is 2.30. The number of ether oxygens (including phenoxy) is 2. The minimum atomic E-state index is 0. The first-order valence-corrected chi connectivity index (χ1v) is 11.0. The van der Waals surface area contributed by atoms with Gasteiger partial charge in [-0.05, 0) is 39.2 Å². The van der Waals surface area contributed by atoms with Crippen molar-refractivity contribution in [1.29, 1.82) is 0 Å². The Bertz CT molecular complexity index is 855. The number of nitrogens with zero attached hydrogens (tertiary/aromatic N) is 4. The second-order valence-electron chi connectivity index (χ2n) is 7.98. The van der Waals surface area contributed by atoms with Crippen molar-refractivity contribution in [2.75, 3.05) is 45.8 Å². The summed E-state index contributed by atoms with van der Waals surface area (Å²) >= 11 is 0. The molecule has 2 aromatic rings. The number of aromatic nitrogens is 2. The monoisotopic (exact) mass is 556 g/mol. The highest BCUT2D eigenvalue weighted by atomic mass is 127. The van der Waals surface area contributed by atoms with Gasteiger partial charge in [-0.15, -0.1) is 24.0 Å². The van der Waals surface area contributed by atoms with Crippen molar-refractivity contribution < 1.29 is 9.47 Å². The summed E-state index contributed by atoms with van der Waals surface area (Å²) in [6.07, 6.45) is 3.09. The van der Waals surface area contributed by atoms with Gasteiger partial charge in [0.2, 0.25) is 0 Å². The van der Waals surface area contributed by atoms with Crippen LogP contribution < -0.4 is 25.0 Å². The van der Waals surface area contributed by atoms with Gasteiger partial charge >= 0.3 is 0 Å². The lowest BCUT2D eigenvalue weighted by molar-refractivity contribution is 0.393. The molecule has 0 unspecified atom stereocenters. The zero-order valence-electron chi connectivity index (χ0n) is 19.9. The molecule has 0 spiro atoms. The molecule has 1 aliphatic heterocycles. The largest absolute Gasteiger partial charge is 0.497 e. The van der Waals surface area contributed by atoms with Crippen LogP contribution in [-0.2, 0) is 6.54 Å². The molecule has 0 amide bonds. The molecule has 8 nitrogen and oxygen atoms in total. The van der Waals surface area contributed by atoms with Gasteiger partial charge in [0, 0.05) is 68.8 Å². The molecule has 2 N–H and O–H groups in total. The van der Waals surface area contributed by atoms with Gasteiger partial charge in [0.15, 0.2) is 5.96 Å². The molecule has 9 heteroatoms. The first-order valence-electron chi connectivity index (χ1n) is 11.0. The molecule has 0 saturated carbocycles. The number of benzene rings is 1. The SMILES string of the molecule is CN=C(NCCCn1nc(C)cc1C)NC1CCN(c2cc(OC)cc(OC)c2)CC1.I. The summed E-state index contributed by atoms with van der Waals surface area (Å²) in [7, 11) is 5.20. The Labute approximate surface area is 208 Å². The maximum absolute atomic E-state index is 5.41. The highest BCUT2D eigenvalue weighted by molar-refractivity contribution is 14.0. The van der Waals surface area contributed by atoms with Gasteiger partial charge in [-0.25, -0.2) is 0 Å². The number of anilines is 1. The number of aryl methyl sites for hydroxylation is 3. The van der Waals surface area contributed by atoms with Crippen molar-refractivity contribution in [2.24, 2.45) is 4.99 Å². The van der Waals surface area contributed by atoms with E-state index in [1.54, 1.807) is 14.2 Å². The summed E-state index contributed by atoms with van der Waals surface area (Å²) < 4.78 is 12.9. The second kappa shape index (κ2) is 12.8. The Morgan fingerprint density at radius 2 is 1.75 bits per heavy atom. The molecular formula is C23H37IN6O2. The number of halogens is 1. The Hall–Kier alpha value is -2.17. The molecule has 2 heterocycles. The Morgan fingerprint density at radius 1 is 1.09 bits per heavy atom. The van der Waals surface area contributed by atoms with E-state index in [9.17, 15) is 0 Å². The summed E-state index contributed by atoms with van der Waals surface area (Å²) in [6.45, 7) is 7.85. The number of nitrogens with one attached hydrogen (secondary N) is 2. The van der Waals surface area contributed by atoms with Crippen LogP contribution in [0, 0.1) is 13.8 Å². The maximum Gasteiger partial charge on any atom is 0.191 e. The maximum atomic E-state index is 5.41. The van der Waals surface area contributed by atoms with E-state index < -0.39 is 0 Å². The molecule has 32 heavy (non-hydrogen) atoms. The van der Waals surface area contributed by atoms with Gasteiger partial charge in [0.25, 0.3) is 0 Å². The number of methoxy groups -OCH3 is 2. The lowest BCUT2D eigenvalue weighted by Crippen LogP contribution is -2.49. The van der Waals surface area contributed by atoms with E-state index in [1.807, 2.05) is 20.0 Å². The minimum absolute atomic E-state index is 0.